The van der Waals surface area contributed by atoms with Crippen LogP contribution >= 0.6 is 0 Å². The van der Waals surface area contributed by atoms with E-state index in [1.165, 1.54) is 0 Å². The van der Waals surface area contributed by atoms with E-state index in [4.69, 9.17) is 4.74 Å². The number of rotatable bonds is 3. The molecule has 1 aliphatic heterocycles. The van der Waals surface area contributed by atoms with E-state index < -0.39 is 0 Å². The van der Waals surface area contributed by atoms with Crippen LogP contribution in [0.1, 0.15) is 27.2 Å². The van der Waals surface area contributed by atoms with Crippen LogP contribution in [0.2, 0.25) is 0 Å². The monoisotopic (exact) mass is 242 g/mol. The van der Waals surface area contributed by atoms with E-state index in [2.05, 4.69) is 0 Å². The molecule has 1 aliphatic rings. The van der Waals surface area contributed by atoms with Gasteiger partial charge in [-0.05, 0) is 12.8 Å². The Kier molecular flexibility index (Phi) is 5.25. The highest BCUT2D eigenvalue weighted by Crippen LogP contribution is 2.08. The third-order valence-corrected chi connectivity index (χ3v) is 2.74. The van der Waals surface area contributed by atoms with Crippen molar-refractivity contribution >= 4 is 12.0 Å². The average Bonchev–Trinajstić information content (AvgIpc) is 2.28. The van der Waals surface area contributed by atoms with Crippen LogP contribution < -0.4 is 0 Å². The first kappa shape index (κ1) is 13.8. The zero-order valence-electron chi connectivity index (χ0n) is 10.9. The maximum Gasteiger partial charge on any atom is 0.409 e. The number of carbonyl (C=O) groups is 2. The highest BCUT2D eigenvalue weighted by atomic mass is 16.6. The van der Waals surface area contributed by atoms with E-state index in [-0.39, 0.29) is 12.0 Å². The number of carbonyl (C=O) groups excluding carboxylic acids is 2. The van der Waals surface area contributed by atoms with Gasteiger partial charge in [0, 0.05) is 32.6 Å². The van der Waals surface area contributed by atoms with Crippen molar-refractivity contribution in [3.63, 3.8) is 0 Å². The van der Waals surface area contributed by atoms with Crippen LogP contribution in [-0.2, 0) is 9.53 Å². The molecule has 98 valence electrons. The Bertz CT molecular complexity index is 271. The summed E-state index contributed by atoms with van der Waals surface area (Å²) in [5.74, 6) is 0.564. The molecule has 0 N–H and O–H groups in total. The highest BCUT2D eigenvalue weighted by molar-refractivity contribution is 5.77. The molecule has 0 spiro atoms. The largest absolute Gasteiger partial charge is 0.450 e. The van der Waals surface area contributed by atoms with Crippen LogP contribution in [0.4, 0.5) is 4.79 Å². The Hall–Kier alpha value is -1.26. The average molecular weight is 242 g/mol. The van der Waals surface area contributed by atoms with Crippen molar-refractivity contribution in [2.24, 2.45) is 5.92 Å². The van der Waals surface area contributed by atoms with Gasteiger partial charge < -0.3 is 14.5 Å². The molecule has 0 saturated carbocycles. The van der Waals surface area contributed by atoms with Crippen LogP contribution in [0, 0.1) is 5.92 Å². The van der Waals surface area contributed by atoms with Crippen molar-refractivity contribution < 1.29 is 14.3 Å². The molecule has 1 saturated heterocycles. The number of nitrogens with zero attached hydrogens (tertiary/aromatic N) is 2. The third-order valence-electron chi connectivity index (χ3n) is 2.74. The summed E-state index contributed by atoms with van der Waals surface area (Å²) < 4.78 is 4.93. The maximum absolute atomic E-state index is 11.8. The molecule has 0 aromatic heterocycles. The Morgan fingerprint density at radius 3 is 2.12 bits per heavy atom. The lowest BCUT2D eigenvalue weighted by Gasteiger charge is -2.34. The number of piperazine rings is 1. The predicted octanol–water partition coefficient (Wildman–Crippen LogP) is 1.33. The van der Waals surface area contributed by atoms with Gasteiger partial charge in [-0.3, -0.25) is 4.79 Å². The molecule has 1 fully saturated rings. The van der Waals surface area contributed by atoms with Gasteiger partial charge >= 0.3 is 6.09 Å². The van der Waals surface area contributed by atoms with Crippen LogP contribution in [-0.4, -0.2) is 54.6 Å². The minimum atomic E-state index is -0.275. The van der Waals surface area contributed by atoms with Crippen LogP contribution in [0.5, 0.6) is 0 Å². The van der Waals surface area contributed by atoms with Crippen LogP contribution in [0.15, 0.2) is 0 Å². The van der Waals surface area contributed by atoms with E-state index in [0.29, 0.717) is 45.1 Å². The van der Waals surface area contributed by atoms with Crippen molar-refractivity contribution in [3.8, 4) is 0 Å². The summed E-state index contributed by atoms with van der Waals surface area (Å²) in [5, 5.41) is 0. The van der Waals surface area contributed by atoms with Gasteiger partial charge in [-0.1, -0.05) is 13.8 Å². The van der Waals surface area contributed by atoms with Gasteiger partial charge in [-0.15, -0.1) is 0 Å². The smallest absolute Gasteiger partial charge is 0.409 e. The molecule has 5 heteroatoms. The zero-order chi connectivity index (χ0) is 12.8. The Labute approximate surface area is 103 Å². The first-order chi connectivity index (χ1) is 8.04. The molecule has 0 atom stereocenters. The van der Waals surface area contributed by atoms with Crippen molar-refractivity contribution in [2.75, 3.05) is 32.8 Å². The van der Waals surface area contributed by atoms with Crippen molar-refractivity contribution in [2.45, 2.75) is 27.2 Å². The molecule has 17 heavy (non-hydrogen) atoms. The first-order valence-electron chi connectivity index (χ1n) is 6.24. The summed E-state index contributed by atoms with van der Waals surface area (Å²) in [6.45, 7) is 8.63. The fourth-order valence-electron chi connectivity index (χ4n) is 1.83. The van der Waals surface area contributed by atoms with E-state index in [0.717, 1.165) is 0 Å². The molecule has 0 unspecified atom stereocenters. The molecule has 0 aromatic rings. The molecular formula is C12H22N2O3. The van der Waals surface area contributed by atoms with Gasteiger partial charge in [0.15, 0.2) is 0 Å². The summed E-state index contributed by atoms with van der Waals surface area (Å²) in [5.41, 5.74) is 0. The number of amides is 2. The fraction of sp³-hybridized carbons (Fsp3) is 0.833. The maximum atomic E-state index is 11.8. The minimum absolute atomic E-state index is 0.184. The summed E-state index contributed by atoms with van der Waals surface area (Å²) in [6.07, 6.45) is 0.308. The van der Waals surface area contributed by atoms with Crippen molar-refractivity contribution in [3.05, 3.63) is 0 Å². The van der Waals surface area contributed by atoms with Crippen LogP contribution in [0.3, 0.4) is 0 Å². The lowest BCUT2D eigenvalue weighted by Crippen LogP contribution is -2.50. The van der Waals surface area contributed by atoms with Gasteiger partial charge in [-0.2, -0.15) is 0 Å². The molecule has 1 rings (SSSR count). The topological polar surface area (TPSA) is 49.9 Å². The number of hydrogen-bond acceptors (Lipinski definition) is 3. The normalized spacial score (nSPS) is 16.2. The second kappa shape index (κ2) is 6.47. The lowest BCUT2D eigenvalue weighted by atomic mass is 10.1. The van der Waals surface area contributed by atoms with E-state index >= 15 is 0 Å². The van der Waals surface area contributed by atoms with E-state index in [1.54, 1.807) is 11.8 Å². The molecule has 1 heterocycles. The highest BCUT2D eigenvalue weighted by Gasteiger charge is 2.24. The van der Waals surface area contributed by atoms with Gasteiger partial charge in [0.2, 0.25) is 5.91 Å². The number of ether oxygens (including phenoxy) is 1. The van der Waals surface area contributed by atoms with Gasteiger partial charge in [0.05, 0.1) is 6.61 Å². The third kappa shape index (κ3) is 4.24. The molecule has 0 aromatic carbocycles. The molecule has 0 aliphatic carbocycles. The SMILES string of the molecule is CCOC(=O)N1CCN(C(=O)CC(C)C)CC1. The first-order valence-corrected chi connectivity index (χ1v) is 6.24. The summed E-state index contributed by atoms with van der Waals surface area (Å²) in [7, 11) is 0. The van der Waals surface area contributed by atoms with Gasteiger partial charge in [-0.25, -0.2) is 4.79 Å². The van der Waals surface area contributed by atoms with Crippen molar-refractivity contribution in [1.29, 1.82) is 0 Å². The molecular weight excluding hydrogens is 220 g/mol. The quantitative estimate of drug-likeness (QED) is 0.750. The van der Waals surface area contributed by atoms with Gasteiger partial charge in [0.25, 0.3) is 0 Å². The van der Waals surface area contributed by atoms with E-state index in [9.17, 15) is 9.59 Å². The summed E-state index contributed by atoms with van der Waals surface area (Å²) in [6, 6.07) is 0. The number of hydrogen-bond donors (Lipinski definition) is 0. The lowest BCUT2D eigenvalue weighted by molar-refractivity contribution is -0.133. The second-order valence-electron chi connectivity index (χ2n) is 4.66. The Morgan fingerprint density at radius 2 is 1.65 bits per heavy atom. The summed E-state index contributed by atoms with van der Waals surface area (Å²) >= 11 is 0. The summed E-state index contributed by atoms with van der Waals surface area (Å²) in [4.78, 5) is 26.7. The molecule has 5 nitrogen and oxygen atoms in total. The van der Waals surface area contributed by atoms with Gasteiger partial charge in [0.1, 0.15) is 0 Å². The zero-order valence-corrected chi connectivity index (χ0v) is 10.9. The van der Waals surface area contributed by atoms with E-state index in [1.807, 2.05) is 18.7 Å². The Morgan fingerprint density at radius 1 is 1.12 bits per heavy atom. The fourth-order valence-corrected chi connectivity index (χ4v) is 1.83. The second-order valence-corrected chi connectivity index (χ2v) is 4.66. The molecule has 2 amide bonds. The Balaban J connectivity index is 2.35. The van der Waals surface area contributed by atoms with Crippen molar-refractivity contribution in [1.82, 2.24) is 9.80 Å². The standard InChI is InChI=1S/C12H22N2O3/c1-4-17-12(16)14-7-5-13(6-8-14)11(15)9-10(2)3/h10H,4-9H2,1-3H3. The molecule has 0 radical (unpaired) electrons. The molecule has 0 bridgehead atoms. The van der Waals surface area contributed by atoms with Crippen LogP contribution in [0.25, 0.3) is 0 Å². The predicted molar refractivity (Wildman–Crippen MR) is 64.6 cm³/mol. The minimum Gasteiger partial charge on any atom is -0.450 e.